The number of ether oxygens (including phenoxy) is 16. The van der Waals surface area contributed by atoms with E-state index in [1.807, 2.05) is 51.1 Å². The normalized spacial score (nSPS) is 47.5. The fraction of sp³-hybridized carbons (Fsp3) is 0.746. The minimum atomic E-state index is -2.19. The molecule has 4 aliphatic carbocycles. The van der Waals surface area contributed by atoms with E-state index in [-0.39, 0.29) is 56.9 Å². The van der Waals surface area contributed by atoms with Gasteiger partial charge in [-0.1, -0.05) is 74.5 Å². The van der Waals surface area contributed by atoms with Gasteiger partial charge in [0.1, 0.15) is 90.1 Å². The van der Waals surface area contributed by atoms with Crippen LogP contribution in [0.3, 0.4) is 0 Å². The molecule has 0 spiro atoms. The van der Waals surface area contributed by atoms with Gasteiger partial charge in [-0.3, -0.25) is 0 Å². The maximum atomic E-state index is 14.0. The molecule has 0 unspecified atom stereocenters. The van der Waals surface area contributed by atoms with Gasteiger partial charge in [0.25, 0.3) is 0 Å². The van der Waals surface area contributed by atoms with E-state index in [9.17, 15) is 55.5 Å². The summed E-state index contributed by atoms with van der Waals surface area (Å²) < 4.78 is 99.8. The number of hydrogen-bond acceptors (Lipinski definition) is 27. The van der Waals surface area contributed by atoms with E-state index in [0.29, 0.717) is 6.42 Å². The van der Waals surface area contributed by atoms with Gasteiger partial charge in [0.2, 0.25) is 0 Å². The summed E-state index contributed by atoms with van der Waals surface area (Å²) in [6.07, 6.45) is -17.6. The zero-order valence-corrected chi connectivity index (χ0v) is 57.5. The first-order chi connectivity index (χ1) is 46.5. The highest BCUT2D eigenvalue weighted by molar-refractivity contribution is 5.89. The first-order valence-corrected chi connectivity index (χ1v) is 34.3. The molecule has 3 saturated carbocycles. The number of aliphatic hydroxyl groups excluding tert-OH is 5. The van der Waals surface area contributed by atoms with Crippen molar-refractivity contribution in [3.8, 4) is 0 Å². The molecule has 0 aromatic heterocycles. The summed E-state index contributed by atoms with van der Waals surface area (Å²) in [4.78, 5) is 27.6. The summed E-state index contributed by atoms with van der Waals surface area (Å²) in [5, 5.41) is 106. The molecule has 2 aromatic carbocycles. The van der Waals surface area contributed by atoms with Gasteiger partial charge in [0, 0.05) is 71.5 Å². The molecule has 27 heteroatoms. The number of carbonyl (C=O) groups is 2. The van der Waals surface area contributed by atoms with Crippen molar-refractivity contribution >= 4 is 18.0 Å². The van der Waals surface area contributed by atoms with Crippen LogP contribution in [0.2, 0.25) is 0 Å². The Labute approximate surface area is 571 Å². The van der Waals surface area contributed by atoms with Crippen LogP contribution >= 0.6 is 0 Å². The molecule has 27 nitrogen and oxygen atoms in total. The van der Waals surface area contributed by atoms with E-state index in [0.717, 1.165) is 5.56 Å². The van der Waals surface area contributed by atoms with Crippen LogP contribution < -0.4 is 0 Å². The second kappa shape index (κ2) is 30.0. The Hall–Kier alpha value is -4.06. The minimum absolute atomic E-state index is 0.0712. The molecule has 2 aromatic rings. The van der Waals surface area contributed by atoms with Crippen molar-refractivity contribution in [1.82, 2.24) is 0 Å². The van der Waals surface area contributed by atoms with Gasteiger partial charge < -0.3 is 122 Å². The number of hydrogen-bond donors (Lipinski definition) is 9. The minimum Gasteiger partial charge on any atom is -0.458 e. The van der Waals surface area contributed by atoms with Crippen molar-refractivity contribution in [2.45, 2.75) is 282 Å². The van der Waals surface area contributed by atoms with Crippen molar-refractivity contribution in [2.75, 3.05) is 35.0 Å². The zero-order chi connectivity index (χ0) is 70.6. The van der Waals surface area contributed by atoms with E-state index in [1.165, 1.54) is 33.3 Å². The fourth-order valence-corrected chi connectivity index (χ4v) is 17.6. The molecule has 5 heterocycles. The first-order valence-electron chi connectivity index (χ1n) is 34.3. The van der Waals surface area contributed by atoms with Crippen LogP contribution in [0.25, 0.3) is 6.08 Å². The SMILES string of the molecule is CO[C@H]1[C@@H](O)[C@H](O[C@@H]2[C@@H](C)O[C@@H](O[C@H]3[C@@H](OC)C[C@H](O[C@H]4[C@@H](OC)C[C@H](O[C@H]5CC[C@]6(C)[C@H]7C[C@@H](OC(=O)/C=C/c8ccccc8)[C@@]8(C)[C@](O)(CC[C@@]8(O)[C@H](C)OC(=O)c8ccccc8)[C@]7(O)C=C[C@@]6(O)C5)O[C@@H]4C)O[C@@H]3C)C[C@H]2OC)O[C@H](C)[C@H]1O[C@@H]1O[C@H](CO)[C@@H](O)[C@H](O)[C@H]1O. The molecular weight excluding hydrogens is 1280 g/mol. The number of rotatable bonds is 21. The predicted octanol–water partition coefficient (Wildman–Crippen LogP) is 2.66. The van der Waals surface area contributed by atoms with Gasteiger partial charge in [-0.2, -0.15) is 0 Å². The van der Waals surface area contributed by atoms with Crippen molar-refractivity contribution in [3.63, 3.8) is 0 Å². The van der Waals surface area contributed by atoms with Crippen molar-refractivity contribution in [1.29, 1.82) is 0 Å². The predicted molar refractivity (Wildman–Crippen MR) is 342 cm³/mol. The molecule has 0 amide bonds. The highest BCUT2D eigenvalue weighted by Gasteiger charge is 2.82. The average Bonchev–Trinajstić information content (AvgIpc) is 1.35. The lowest BCUT2D eigenvalue weighted by Crippen LogP contribution is -2.80. The third-order valence-corrected chi connectivity index (χ3v) is 23.4. The zero-order valence-electron chi connectivity index (χ0n) is 57.5. The molecule has 32 atom stereocenters. The van der Waals surface area contributed by atoms with Crippen molar-refractivity contribution < 1.29 is 131 Å². The highest BCUT2D eigenvalue weighted by Crippen LogP contribution is 2.72. The number of benzene rings is 2. The monoisotopic (exact) mass is 1390 g/mol. The van der Waals surface area contributed by atoms with E-state index >= 15 is 0 Å². The Bertz CT molecular complexity index is 3060. The summed E-state index contributed by atoms with van der Waals surface area (Å²) >= 11 is 0. The van der Waals surface area contributed by atoms with Crippen molar-refractivity contribution in [3.05, 3.63) is 90.0 Å². The number of methoxy groups -OCH3 is 4. The van der Waals surface area contributed by atoms with Crippen LogP contribution in [0.15, 0.2) is 78.9 Å². The lowest BCUT2D eigenvalue weighted by molar-refractivity contribution is -0.374. The van der Waals surface area contributed by atoms with E-state index < -0.39 is 211 Å². The third kappa shape index (κ3) is 13.7. The average molecular weight is 1390 g/mol. The lowest BCUT2D eigenvalue weighted by atomic mass is 9.41. The van der Waals surface area contributed by atoms with Crippen LogP contribution in [-0.2, 0) is 80.6 Å². The molecule has 0 bridgehead atoms. The summed E-state index contributed by atoms with van der Waals surface area (Å²) in [5.74, 6) is -2.40. The fourth-order valence-electron chi connectivity index (χ4n) is 17.6. The van der Waals surface area contributed by atoms with E-state index in [1.54, 1.807) is 77.5 Å². The van der Waals surface area contributed by atoms with Crippen LogP contribution in [0, 0.1) is 16.7 Å². The largest absolute Gasteiger partial charge is 0.458 e. The van der Waals surface area contributed by atoms with E-state index in [2.05, 4.69) is 0 Å². The quantitative estimate of drug-likeness (QED) is 0.0493. The number of esters is 2. The van der Waals surface area contributed by atoms with Gasteiger partial charge in [-0.25, -0.2) is 9.59 Å². The molecular formula is C71H102O27. The Morgan fingerprint density at radius 1 is 0.592 bits per heavy atom. The number of carbonyl (C=O) groups excluding carboxylic acids is 2. The molecule has 5 aliphatic heterocycles. The molecule has 8 fully saturated rings. The molecule has 5 saturated heterocycles. The molecule has 11 rings (SSSR count). The summed E-state index contributed by atoms with van der Waals surface area (Å²) in [7, 11) is 6.03. The standard InChI is InChI=1S/C71H102O27/c1-36-58(95-52-31-45(84-9)59(37(2)88-52)96-53-32-46(85-10)60(38(3)89-53)97-65-57(77)62(86-11)61(39(4)90-65)98-64-56(76)55(75)54(74)47(35-72)93-64)44(83-8)30-51(87-36)92-43-24-25-66(6)48-33-49(94-50(73)23-22-41-18-14-12-15-19-41)67(7)69(80,40(5)91-63(78)42-20-16-13-17-21-42)28-29-71(67,82)70(48,81)27-26-68(66,79)34-43/h12-23,26-27,36-40,43-49,51-62,64-65,72,74-77,79-82H,24-25,28-35H2,1-11H3/b23-22+/t36-,37-,38-,39-,40+,43+,44+,45+,46-,47-,48-,49-,51+,52+,53+,54-,55+,56-,57-,58-,59-,60-,61-,62+,64+,65+,66-,67-,68-,69-,70+,71-/m1/s1. The van der Waals surface area contributed by atoms with Crippen LogP contribution in [0.1, 0.15) is 122 Å². The third-order valence-electron chi connectivity index (χ3n) is 23.4. The summed E-state index contributed by atoms with van der Waals surface area (Å²) in [6.45, 7) is 11.5. The van der Waals surface area contributed by atoms with Gasteiger partial charge in [0.15, 0.2) is 31.5 Å². The number of aliphatic hydroxyl groups is 9. The van der Waals surface area contributed by atoms with Crippen LogP contribution in [0.5, 0.6) is 0 Å². The molecule has 548 valence electrons. The smallest absolute Gasteiger partial charge is 0.338 e. The highest BCUT2D eigenvalue weighted by atomic mass is 16.8. The summed E-state index contributed by atoms with van der Waals surface area (Å²) in [5.41, 5.74) is -9.97. The Balaban J connectivity index is 0.706. The van der Waals surface area contributed by atoms with Crippen molar-refractivity contribution in [2.24, 2.45) is 16.7 Å². The molecule has 9 N–H and O–H groups in total. The Kier molecular flexibility index (Phi) is 23.0. The maximum absolute atomic E-state index is 14.0. The Morgan fingerprint density at radius 2 is 1.12 bits per heavy atom. The maximum Gasteiger partial charge on any atom is 0.338 e. The van der Waals surface area contributed by atoms with Gasteiger partial charge >= 0.3 is 11.9 Å². The molecule has 9 aliphatic rings. The van der Waals surface area contributed by atoms with Crippen LogP contribution in [0.4, 0.5) is 0 Å². The molecule has 98 heavy (non-hydrogen) atoms. The second-order valence-corrected chi connectivity index (χ2v) is 28.7. The van der Waals surface area contributed by atoms with Gasteiger partial charge in [0.05, 0.1) is 72.0 Å². The lowest BCUT2D eigenvalue weighted by Gasteiger charge is -2.68. The van der Waals surface area contributed by atoms with Crippen LogP contribution in [-0.4, -0.2) is 269 Å². The number of fused-ring (bicyclic) bond motifs is 5. The van der Waals surface area contributed by atoms with Gasteiger partial charge in [-0.05, 0) is 90.5 Å². The topological polar surface area (TPSA) is 364 Å². The van der Waals surface area contributed by atoms with Gasteiger partial charge in [-0.15, -0.1) is 0 Å². The first kappa shape index (κ1) is 75.1. The Morgan fingerprint density at radius 3 is 1.68 bits per heavy atom. The molecule has 0 radical (unpaired) electrons. The second-order valence-electron chi connectivity index (χ2n) is 28.7. The summed E-state index contributed by atoms with van der Waals surface area (Å²) in [6, 6.07) is 17.5. The van der Waals surface area contributed by atoms with E-state index in [4.69, 9.17) is 75.8 Å².